The number of hydrogen-bond acceptors (Lipinski definition) is 5. The molecule has 3 rings (SSSR count). The molecule has 0 bridgehead atoms. The lowest BCUT2D eigenvalue weighted by Gasteiger charge is -2.04. The number of nitrogens with zero attached hydrogens (tertiary/aromatic N) is 3. The Morgan fingerprint density at radius 2 is 1.95 bits per heavy atom. The zero-order chi connectivity index (χ0) is 14.3. The third kappa shape index (κ3) is 2.11. The Bertz CT molecular complexity index is 823. The molecule has 1 aromatic carbocycles. The van der Waals surface area contributed by atoms with Crippen LogP contribution >= 0.6 is 0 Å². The van der Waals surface area contributed by atoms with Crippen molar-refractivity contribution in [3.63, 3.8) is 0 Å². The van der Waals surface area contributed by atoms with Crippen LogP contribution in [0.25, 0.3) is 22.4 Å². The predicted molar refractivity (Wildman–Crippen MR) is 73.0 cm³/mol. The Kier molecular flexibility index (Phi) is 2.71. The molecule has 3 aromatic rings. The van der Waals surface area contributed by atoms with Crippen molar-refractivity contribution in [1.29, 1.82) is 0 Å². The largest absolute Gasteiger partial charge is 0.441 e. The van der Waals surface area contributed by atoms with Gasteiger partial charge >= 0.3 is 0 Å². The maximum atomic E-state index is 11.2. The van der Waals surface area contributed by atoms with Crippen molar-refractivity contribution in [2.75, 3.05) is 0 Å². The summed E-state index contributed by atoms with van der Waals surface area (Å²) in [6.45, 7) is 3.58. The van der Waals surface area contributed by atoms with Crippen molar-refractivity contribution in [3.8, 4) is 11.3 Å². The maximum Gasteiger partial charge on any atom is 0.286 e. The van der Waals surface area contributed by atoms with Crippen LogP contribution in [0.15, 0.2) is 28.7 Å². The van der Waals surface area contributed by atoms with Gasteiger partial charge < -0.3 is 10.2 Å². The number of carbonyl (C=O) groups is 1. The van der Waals surface area contributed by atoms with Gasteiger partial charge in [-0.25, -0.2) is 15.0 Å². The standard InChI is InChI=1S/C14H12N4O2/c1-7-5-10(18-14(16-7)13(15)19)9-3-4-12-11(6-9)17-8(2)20-12/h3-6H,1-2H3,(H2,15,19). The van der Waals surface area contributed by atoms with E-state index in [4.69, 9.17) is 10.2 Å². The minimum absolute atomic E-state index is 0.0106. The third-order valence-corrected chi connectivity index (χ3v) is 2.86. The quantitative estimate of drug-likeness (QED) is 0.767. The first-order valence-corrected chi connectivity index (χ1v) is 6.06. The summed E-state index contributed by atoms with van der Waals surface area (Å²) in [4.78, 5) is 23.7. The SMILES string of the molecule is Cc1cc(-c2ccc3oc(C)nc3c2)nc(C(N)=O)n1. The molecule has 6 nitrogen and oxygen atoms in total. The van der Waals surface area contributed by atoms with Crippen LogP contribution in [0.2, 0.25) is 0 Å². The molecule has 0 unspecified atom stereocenters. The first-order valence-electron chi connectivity index (χ1n) is 6.06. The summed E-state index contributed by atoms with van der Waals surface area (Å²) in [5.41, 5.74) is 8.84. The molecule has 100 valence electrons. The maximum absolute atomic E-state index is 11.2. The molecule has 20 heavy (non-hydrogen) atoms. The molecule has 0 atom stereocenters. The van der Waals surface area contributed by atoms with E-state index >= 15 is 0 Å². The van der Waals surface area contributed by atoms with Gasteiger partial charge in [0.15, 0.2) is 11.5 Å². The molecule has 0 aliphatic carbocycles. The fourth-order valence-corrected chi connectivity index (χ4v) is 2.03. The predicted octanol–water partition coefficient (Wildman–Crippen LogP) is 2.00. The monoisotopic (exact) mass is 268 g/mol. The number of primary amides is 1. The Morgan fingerprint density at radius 3 is 2.70 bits per heavy atom. The van der Waals surface area contributed by atoms with Crippen LogP contribution in [0.3, 0.4) is 0 Å². The summed E-state index contributed by atoms with van der Waals surface area (Å²) in [5.74, 6) is -0.0291. The number of rotatable bonds is 2. The van der Waals surface area contributed by atoms with E-state index in [9.17, 15) is 4.79 Å². The number of benzene rings is 1. The van der Waals surface area contributed by atoms with Gasteiger partial charge in [0.1, 0.15) is 5.52 Å². The van der Waals surface area contributed by atoms with E-state index in [2.05, 4.69) is 15.0 Å². The van der Waals surface area contributed by atoms with Gasteiger partial charge in [-0.05, 0) is 31.2 Å². The number of aryl methyl sites for hydroxylation is 2. The van der Waals surface area contributed by atoms with Crippen LogP contribution in [0.5, 0.6) is 0 Å². The number of carbonyl (C=O) groups excluding carboxylic acids is 1. The summed E-state index contributed by atoms with van der Waals surface area (Å²) >= 11 is 0. The molecule has 2 N–H and O–H groups in total. The fraction of sp³-hybridized carbons (Fsp3) is 0.143. The molecular weight excluding hydrogens is 256 g/mol. The molecule has 0 aliphatic rings. The van der Waals surface area contributed by atoms with Crippen molar-refractivity contribution < 1.29 is 9.21 Å². The molecule has 0 aliphatic heterocycles. The first kappa shape index (κ1) is 12.3. The van der Waals surface area contributed by atoms with Crippen LogP contribution in [-0.2, 0) is 0 Å². The van der Waals surface area contributed by atoms with Crippen LogP contribution < -0.4 is 5.73 Å². The lowest BCUT2D eigenvalue weighted by atomic mass is 10.1. The molecular formula is C14H12N4O2. The highest BCUT2D eigenvalue weighted by Crippen LogP contribution is 2.23. The number of aromatic nitrogens is 3. The fourth-order valence-electron chi connectivity index (χ4n) is 2.03. The van der Waals surface area contributed by atoms with Crippen molar-refractivity contribution in [2.24, 2.45) is 5.73 Å². The number of nitrogens with two attached hydrogens (primary N) is 1. The minimum Gasteiger partial charge on any atom is -0.441 e. The molecule has 0 radical (unpaired) electrons. The van der Waals surface area contributed by atoms with Crippen LogP contribution in [0, 0.1) is 13.8 Å². The molecule has 2 heterocycles. The van der Waals surface area contributed by atoms with Gasteiger partial charge in [0.2, 0.25) is 5.82 Å². The molecule has 0 fully saturated rings. The second-order valence-corrected chi connectivity index (χ2v) is 4.50. The van der Waals surface area contributed by atoms with E-state index in [1.165, 1.54) is 0 Å². The number of oxazole rings is 1. The van der Waals surface area contributed by atoms with Gasteiger partial charge in [0.25, 0.3) is 5.91 Å². The average Bonchev–Trinajstić information content (AvgIpc) is 2.76. The number of amides is 1. The van der Waals surface area contributed by atoms with Gasteiger partial charge in [-0.2, -0.15) is 0 Å². The molecule has 0 spiro atoms. The van der Waals surface area contributed by atoms with E-state index in [0.717, 1.165) is 11.1 Å². The Hall–Kier alpha value is -2.76. The van der Waals surface area contributed by atoms with E-state index < -0.39 is 5.91 Å². The molecule has 6 heteroatoms. The molecule has 0 saturated carbocycles. The van der Waals surface area contributed by atoms with Crippen molar-refractivity contribution in [1.82, 2.24) is 15.0 Å². The lowest BCUT2D eigenvalue weighted by molar-refractivity contribution is 0.0990. The zero-order valence-electron chi connectivity index (χ0n) is 11.0. The lowest BCUT2D eigenvalue weighted by Crippen LogP contribution is -2.16. The second kappa shape index (κ2) is 4.41. The molecule has 0 saturated heterocycles. The van der Waals surface area contributed by atoms with Crippen molar-refractivity contribution in [2.45, 2.75) is 13.8 Å². The van der Waals surface area contributed by atoms with Gasteiger partial charge in [-0.1, -0.05) is 0 Å². The average molecular weight is 268 g/mol. The van der Waals surface area contributed by atoms with E-state index in [1.807, 2.05) is 18.2 Å². The number of fused-ring (bicyclic) bond motifs is 1. The second-order valence-electron chi connectivity index (χ2n) is 4.50. The Balaban J connectivity index is 2.16. The summed E-state index contributed by atoms with van der Waals surface area (Å²) in [7, 11) is 0. The first-order chi connectivity index (χ1) is 9.52. The summed E-state index contributed by atoms with van der Waals surface area (Å²) in [5, 5.41) is 0. The molecule has 2 aromatic heterocycles. The highest BCUT2D eigenvalue weighted by molar-refractivity contribution is 5.89. The van der Waals surface area contributed by atoms with Gasteiger partial charge in [-0.3, -0.25) is 4.79 Å². The summed E-state index contributed by atoms with van der Waals surface area (Å²) in [6, 6.07) is 7.34. The highest BCUT2D eigenvalue weighted by atomic mass is 16.3. The minimum atomic E-state index is -0.645. The van der Waals surface area contributed by atoms with Crippen LogP contribution in [-0.4, -0.2) is 20.9 Å². The topological polar surface area (TPSA) is 94.9 Å². The van der Waals surface area contributed by atoms with Crippen molar-refractivity contribution in [3.05, 3.63) is 41.7 Å². The van der Waals surface area contributed by atoms with Gasteiger partial charge in [0.05, 0.1) is 5.69 Å². The zero-order valence-corrected chi connectivity index (χ0v) is 11.0. The van der Waals surface area contributed by atoms with Gasteiger partial charge in [-0.15, -0.1) is 0 Å². The van der Waals surface area contributed by atoms with Crippen LogP contribution in [0.1, 0.15) is 22.2 Å². The Labute approximate surface area is 114 Å². The van der Waals surface area contributed by atoms with Crippen molar-refractivity contribution >= 4 is 17.0 Å². The highest BCUT2D eigenvalue weighted by Gasteiger charge is 2.10. The number of hydrogen-bond donors (Lipinski definition) is 1. The smallest absolute Gasteiger partial charge is 0.286 e. The van der Waals surface area contributed by atoms with E-state index in [-0.39, 0.29) is 5.82 Å². The van der Waals surface area contributed by atoms with Crippen LogP contribution in [0.4, 0.5) is 0 Å². The molecule has 1 amide bonds. The van der Waals surface area contributed by atoms with E-state index in [0.29, 0.717) is 22.9 Å². The normalized spacial score (nSPS) is 10.9. The summed E-state index contributed by atoms with van der Waals surface area (Å²) in [6.07, 6.45) is 0. The van der Waals surface area contributed by atoms with Gasteiger partial charge in [0, 0.05) is 18.2 Å². The Morgan fingerprint density at radius 1 is 1.15 bits per heavy atom. The summed E-state index contributed by atoms with van der Waals surface area (Å²) < 4.78 is 5.43. The van der Waals surface area contributed by atoms with E-state index in [1.54, 1.807) is 19.9 Å². The third-order valence-electron chi connectivity index (χ3n) is 2.86.